The molecule has 1 fully saturated rings. The lowest BCUT2D eigenvalue weighted by Gasteiger charge is -2.19. The molecule has 2 rings (SSSR count). The van der Waals surface area contributed by atoms with Crippen molar-refractivity contribution in [2.45, 2.75) is 39.2 Å². The summed E-state index contributed by atoms with van der Waals surface area (Å²) in [4.78, 5) is 25.5. The Kier molecular flexibility index (Phi) is 4.96. The van der Waals surface area contributed by atoms with Crippen molar-refractivity contribution in [1.82, 2.24) is 0 Å². The Balaban J connectivity index is 1.99. The normalized spacial score (nSPS) is 17.7. The van der Waals surface area contributed by atoms with Crippen LogP contribution in [-0.4, -0.2) is 24.4 Å². The van der Waals surface area contributed by atoms with Crippen molar-refractivity contribution in [2.24, 2.45) is 11.7 Å². The van der Waals surface area contributed by atoms with E-state index in [4.69, 9.17) is 5.73 Å². The van der Waals surface area contributed by atoms with E-state index in [0.29, 0.717) is 12.1 Å². The van der Waals surface area contributed by atoms with Crippen molar-refractivity contribution >= 4 is 23.2 Å². The van der Waals surface area contributed by atoms with Gasteiger partial charge < -0.3 is 16.0 Å². The molecule has 5 heteroatoms. The molecule has 0 radical (unpaired) electrons. The Morgan fingerprint density at radius 2 is 2.05 bits per heavy atom. The van der Waals surface area contributed by atoms with Crippen molar-refractivity contribution < 1.29 is 9.59 Å². The highest BCUT2D eigenvalue weighted by molar-refractivity contribution is 5.97. The van der Waals surface area contributed by atoms with Crippen molar-refractivity contribution in [3.63, 3.8) is 0 Å². The summed E-state index contributed by atoms with van der Waals surface area (Å²) in [6.07, 6.45) is 2.38. The highest BCUT2D eigenvalue weighted by Crippen LogP contribution is 2.23. The number of carbonyl (C=O) groups is 2. The Morgan fingerprint density at radius 3 is 2.57 bits per heavy atom. The minimum atomic E-state index is -0.505. The van der Waals surface area contributed by atoms with Gasteiger partial charge >= 0.3 is 0 Å². The van der Waals surface area contributed by atoms with Crippen LogP contribution in [0.25, 0.3) is 0 Å². The molecule has 2 atom stereocenters. The van der Waals surface area contributed by atoms with Gasteiger partial charge in [0.25, 0.3) is 0 Å². The Bertz CT molecular complexity index is 513. The van der Waals surface area contributed by atoms with Gasteiger partial charge in [0.1, 0.15) is 0 Å². The van der Waals surface area contributed by atoms with Gasteiger partial charge in [0.15, 0.2) is 0 Å². The number of rotatable bonds is 5. The molecule has 0 aromatic heterocycles. The first-order valence-corrected chi connectivity index (χ1v) is 7.49. The molecular weight excluding hydrogens is 266 g/mol. The minimum Gasteiger partial charge on any atom is -0.325 e. The van der Waals surface area contributed by atoms with Crippen LogP contribution in [0.5, 0.6) is 0 Å². The first-order valence-electron chi connectivity index (χ1n) is 7.49. The van der Waals surface area contributed by atoms with Gasteiger partial charge in [-0.3, -0.25) is 9.59 Å². The second-order valence-electron chi connectivity index (χ2n) is 5.60. The molecule has 1 aromatic carbocycles. The van der Waals surface area contributed by atoms with Gasteiger partial charge in [-0.25, -0.2) is 0 Å². The molecule has 2 amide bonds. The Hall–Kier alpha value is -1.88. The number of amides is 2. The third-order valence-electron chi connectivity index (χ3n) is 4.08. The van der Waals surface area contributed by atoms with Gasteiger partial charge in [-0.05, 0) is 36.6 Å². The van der Waals surface area contributed by atoms with Crippen LogP contribution in [0.1, 0.15) is 33.1 Å². The van der Waals surface area contributed by atoms with Crippen LogP contribution in [0.15, 0.2) is 24.3 Å². The van der Waals surface area contributed by atoms with Crippen LogP contribution < -0.4 is 16.0 Å². The maximum absolute atomic E-state index is 12.0. The monoisotopic (exact) mass is 289 g/mol. The predicted octanol–water partition coefficient (Wildman–Crippen LogP) is 2.13. The molecular formula is C16H23N3O2. The fraction of sp³-hybridized carbons (Fsp3) is 0.500. The summed E-state index contributed by atoms with van der Waals surface area (Å²) in [6.45, 7) is 4.75. The van der Waals surface area contributed by atoms with Crippen LogP contribution >= 0.6 is 0 Å². The number of hydrogen-bond acceptors (Lipinski definition) is 3. The lowest BCUT2D eigenvalue weighted by atomic mass is 9.99. The molecule has 3 N–H and O–H groups in total. The van der Waals surface area contributed by atoms with Gasteiger partial charge in [-0.1, -0.05) is 20.3 Å². The molecule has 1 aromatic rings. The van der Waals surface area contributed by atoms with Crippen LogP contribution in [0, 0.1) is 5.92 Å². The summed E-state index contributed by atoms with van der Waals surface area (Å²) in [5.74, 6) is 0.131. The van der Waals surface area contributed by atoms with Gasteiger partial charge in [-0.15, -0.1) is 0 Å². The average Bonchev–Trinajstić information content (AvgIpc) is 2.92. The van der Waals surface area contributed by atoms with Crippen molar-refractivity contribution in [1.29, 1.82) is 0 Å². The van der Waals surface area contributed by atoms with Crippen LogP contribution in [0.4, 0.5) is 11.4 Å². The number of nitrogens with zero attached hydrogens (tertiary/aromatic N) is 1. The van der Waals surface area contributed by atoms with Crippen LogP contribution in [0.2, 0.25) is 0 Å². The molecule has 0 aliphatic carbocycles. The minimum absolute atomic E-state index is 0.145. The van der Waals surface area contributed by atoms with Gasteiger partial charge in [0.05, 0.1) is 6.04 Å². The first kappa shape index (κ1) is 15.5. The van der Waals surface area contributed by atoms with Gasteiger partial charge in [0, 0.05) is 24.3 Å². The molecule has 21 heavy (non-hydrogen) atoms. The summed E-state index contributed by atoms with van der Waals surface area (Å²) < 4.78 is 0. The quantitative estimate of drug-likeness (QED) is 0.872. The summed E-state index contributed by atoms with van der Waals surface area (Å²) in [7, 11) is 0. The second kappa shape index (κ2) is 6.72. The molecule has 1 aliphatic rings. The summed E-state index contributed by atoms with van der Waals surface area (Å²) in [6, 6.07) is 6.82. The maximum Gasteiger partial charge on any atom is 0.241 e. The standard InChI is InChI=1S/C16H23N3O2/c1-3-11(2)15(17)16(21)18-12-6-8-13(9-7-12)19-10-4-5-14(19)20/h6-9,11,15H,3-5,10,17H2,1-2H3,(H,18,21). The van der Waals surface area contributed by atoms with E-state index >= 15 is 0 Å². The van der Waals surface area contributed by atoms with E-state index in [2.05, 4.69) is 5.32 Å². The number of carbonyl (C=O) groups excluding carboxylic acids is 2. The van der Waals surface area contributed by atoms with E-state index in [9.17, 15) is 9.59 Å². The van der Waals surface area contributed by atoms with E-state index < -0.39 is 6.04 Å². The van der Waals surface area contributed by atoms with Crippen LogP contribution in [0.3, 0.4) is 0 Å². The molecule has 0 bridgehead atoms. The van der Waals surface area contributed by atoms with E-state index in [1.165, 1.54) is 0 Å². The SMILES string of the molecule is CCC(C)C(N)C(=O)Nc1ccc(N2CCCC2=O)cc1. The third kappa shape index (κ3) is 3.61. The van der Waals surface area contributed by atoms with Crippen molar-refractivity contribution in [2.75, 3.05) is 16.8 Å². The number of benzene rings is 1. The molecule has 1 aliphatic heterocycles. The summed E-state index contributed by atoms with van der Waals surface area (Å²) in [5.41, 5.74) is 7.48. The average molecular weight is 289 g/mol. The maximum atomic E-state index is 12.0. The molecule has 0 spiro atoms. The predicted molar refractivity (Wildman–Crippen MR) is 84.1 cm³/mol. The lowest BCUT2D eigenvalue weighted by Crippen LogP contribution is -2.40. The van der Waals surface area contributed by atoms with Crippen molar-refractivity contribution in [3.05, 3.63) is 24.3 Å². The Morgan fingerprint density at radius 1 is 1.38 bits per heavy atom. The van der Waals surface area contributed by atoms with E-state index in [-0.39, 0.29) is 17.7 Å². The number of nitrogens with one attached hydrogen (secondary N) is 1. The topological polar surface area (TPSA) is 75.4 Å². The zero-order chi connectivity index (χ0) is 15.4. The third-order valence-corrected chi connectivity index (χ3v) is 4.08. The number of hydrogen-bond donors (Lipinski definition) is 2. The molecule has 0 saturated carbocycles. The highest BCUT2D eigenvalue weighted by Gasteiger charge is 2.22. The highest BCUT2D eigenvalue weighted by atomic mass is 16.2. The van der Waals surface area contributed by atoms with Crippen molar-refractivity contribution in [3.8, 4) is 0 Å². The number of anilines is 2. The van der Waals surface area contributed by atoms with E-state index in [1.807, 2.05) is 38.1 Å². The summed E-state index contributed by atoms with van der Waals surface area (Å²) in [5, 5.41) is 2.82. The second-order valence-corrected chi connectivity index (χ2v) is 5.60. The molecule has 5 nitrogen and oxygen atoms in total. The Labute approximate surface area is 125 Å². The number of nitrogens with two attached hydrogens (primary N) is 1. The zero-order valence-electron chi connectivity index (χ0n) is 12.6. The molecule has 1 heterocycles. The van der Waals surface area contributed by atoms with Gasteiger partial charge in [0.2, 0.25) is 11.8 Å². The first-order chi connectivity index (χ1) is 10.0. The fourth-order valence-electron chi connectivity index (χ4n) is 2.38. The largest absolute Gasteiger partial charge is 0.325 e. The molecule has 1 saturated heterocycles. The van der Waals surface area contributed by atoms with E-state index in [1.54, 1.807) is 4.90 Å². The summed E-state index contributed by atoms with van der Waals surface area (Å²) >= 11 is 0. The van der Waals surface area contributed by atoms with E-state index in [0.717, 1.165) is 25.1 Å². The zero-order valence-corrected chi connectivity index (χ0v) is 12.6. The van der Waals surface area contributed by atoms with Gasteiger partial charge in [-0.2, -0.15) is 0 Å². The molecule has 114 valence electrons. The fourth-order valence-corrected chi connectivity index (χ4v) is 2.38. The smallest absolute Gasteiger partial charge is 0.241 e. The molecule has 2 unspecified atom stereocenters. The van der Waals surface area contributed by atoms with Crippen LogP contribution in [-0.2, 0) is 9.59 Å². The lowest BCUT2D eigenvalue weighted by molar-refractivity contribution is -0.118.